The number of hydrogen-bond donors (Lipinski definition) is 1. The van der Waals surface area contributed by atoms with Crippen molar-refractivity contribution in [2.45, 2.75) is 6.92 Å². The molecule has 0 aliphatic heterocycles. The molecule has 0 unspecified atom stereocenters. The molecule has 0 aliphatic rings. The number of aromatic nitrogens is 2. The van der Waals surface area contributed by atoms with Gasteiger partial charge in [-0.15, -0.1) is 0 Å². The first kappa shape index (κ1) is 16.7. The summed E-state index contributed by atoms with van der Waals surface area (Å²) in [4.78, 5) is 20.4. The van der Waals surface area contributed by atoms with E-state index >= 15 is 0 Å². The van der Waals surface area contributed by atoms with Gasteiger partial charge in [0.05, 0.1) is 10.9 Å². The quantitative estimate of drug-likeness (QED) is 0.699. The number of hydrogen-bond acceptors (Lipinski definition) is 4. The Morgan fingerprint density at radius 3 is 2.92 bits per heavy atom. The van der Waals surface area contributed by atoms with E-state index in [9.17, 15) is 4.79 Å². The number of nitrogens with one attached hydrogen (secondary N) is 1. The largest absolute Gasteiger partial charge is 0.467 e. The molecule has 3 rings (SSSR count). The van der Waals surface area contributed by atoms with Crippen LogP contribution in [0.3, 0.4) is 0 Å². The second-order valence-electron chi connectivity index (χ2n) is 5.14. The second kappa shape index (κ2) is 7.15. The number of carbonyl (C=O) groups is 1. The smallest absolute Gasteiger partial charge is 0.262 e. The molecular weight excluding hydrogens is 394 g/mol. The first-order chi connectivity index (χ1) is 11.5. The fourth-order valence-electron chi connectivity index (χ4n) is 2.17. The Balaban J connectivity index is 1.73. The highest BCUT2D eigenvalue weighted by Crippen LogP contribution is 2.25. The standard InChI is InChI=1S/C17H13BrClN3O2/c1-10-2-4-12(19)7-15(10)22-16(23)8-24-17-13-6-11(18)3-5-14(13)20-9-21-17/h2-7,9H,8H2,1H3,(H,22,23). The topological polar surface area (TPSA) is 64.1 Å². The average molecular weight is 407 g/mol. The zero-order chi connectivity index (χ0) is 17.1. The van der Waals surface area contributed by atoms with Crippen molar-refractivity contribution in [1.82, 2.24) is 9.97 Å². The number of anilines is 1. The molecule has 3 aromatic rings. The molecule has 7 heteroatoms. The Morgan fingerprint density at radius 2 is 2.08 bits per heavy atom. The van der Waals surface area contributed by atoms with Gasteiger partial charge in [0.15, 0.2) is 6.61 Å². The van der Waals surface area contributed by atoms with E-state index in [2.05, 4.69) is 31.2 Å². The second-order valence-corrected chi connectivity index (χ2v) is 6.49. The van der Waals surface area contributed by atoms with E-state index in [4.69, 9.17) is 16.3 Å². The number of halogens is 2. The van der Waals surface area contributed by atoms with Crippen LogP contribution in [0.5, 0.6) is 5.88 Å². The van der Waals surface area contributed by atoms with Crippen LogP contribution in [0.4, 0.5) is 5.69 Å². The summed E-state index contributed by atoms with van der Waals surface area (Å²) in [6, 6.07) is 10.9. The van der Waals surface area contributed by atoms with Gasteiger partial charge in [-0.1, -0.05) is 33.6 Å². The van der Waals surface area contributed by atoms with Crippen molar-refractivity contribution in [3.8, 4) is 5.88 Å². The van der Waals surface area contributed by atoms with Gasteiger partial charge in [-0.05, 0) is 42.8 Å². The summed E-state index contributed by atoms with van der Waals surface area (Å²) in [5, 5.41) is 4.07. The Bertz CT molecular complexity index is 917. The van der Waals surface area contributed by atoms with Crippen molar-refractivity contribution < 1.29 is 9.53 Å². The molecule has 0 saturated carbocycles. The van der Waals surface area contributed by atoms with E-state index in [0.29, 0.717) is 16.6 Å². The van der Waals surface area contributed by atoms with Crippen LogP contribution in [0.1, 0.15) is 5.56 Å². The van der Waals surface area contributed by atoms with Gasteiger partial charge in [-0.2, -0.15) is 0 Å². The highest BCUT2D eigenvalue weighted by atomic mass is 79.9. The van der Waals surface area contributed by atoms with E-state index in [0.717, 1.165) is 20.9 Å². The molecule has 0 bridgehead atoms. The summed E-state index contributed by atoms with van der Waals surface area (Å²) in [5.41, 5.74) is 2.32. The molecule has 1 amide bonds. The number of aryl methyl sites for hydroxylation is 1. The van der Waals surface area contributed by atoms with Crippen LogP contribution < -0.4 is 10.1 Å². The summed E-state index contributed by atoms with van der Waals surface area (Å²) in [7, 11) is 0. The summed E-state index contributed by atoms with van der Waals surface area (Å²) >= 11 is 9.35. The monoisotopic (exact) mass is 405 g/mol. The lowest BCUT2D eigenvalue weighted by atomic mass is 10.2. The first-order valence-electron chi connectivity index (χ1n) is 7.12. The summed E-state index contributed by atoms with van der Waals surface area (Å²) in [6.45, 7) is 1.73. The van der Waals surface area contributed by atoms with Crippen LogP contribution in [0, 0.1) is 6.92 Å². The lowest BCUT2D eigenvalue weighted by Crippen LogP contribution is -2.21. The Morgan fingerprint density at radius 1 is 1.25 bits per heavy atom. The van der Waals surface area contributed by atoms with Crippen molar-refractivity contribution >= 4 is 50.0 Å². The van der Waals surface area contributed by atoms with Crippen LogP contribution in [-0.2, 0) is 4.79 Å². The predicted octanol–water partition coefficient (Wildman–Crippen LogP) is 4.37. The van der Waals surface area contributed by atoms with Gasteiger partial charge in [0.25, 0.3) is 5.91 Å². The molecule has 0 spiro atoms. The number of ether oxygens (including phenoxy) is 1. The van der Waals surface area contributed by atoms with E-state index in [1.54, 1.807) is 12.1 Å². The van der Waals surface area contributed by atoms with Crippen molar-refractivity contribution in [2.75, 3.05) is 11.9 Å². The molecule has 0 radical (unpaired) electrons. The van der Waals surface area contributed by atoms with Crippen molar-refractivity contribution in [3.63, 3.8) is 0 Å². The maximum Gasteiger partial charge on any atom is 0.262 e. The lowest BCUT2D eigenvalue weighted by Gasteiger charge is -2.10. The molecule has 1 heterocycles. The van der Waals surface area contributed by atoms with Gasteiger partial charge < -0.3 is 10.1 Å². The Hall–Kier alpha value is -2.18. The molecule has 5 nitrogen and oxygen atoms in total. The average Bonchev–Trinajstić information content (AvgIpc) is 2.56. The summed E-state index contributed by atoms with van der Waals surface area (Å²) in [6.07, 6.45) is 1.41. The van der Waals surface area contributed by atoms with Crippen molar-refractivity contribution in [3.05, 3.63) is 57.8 Å². The molecule has 122 valence electrons. The minimum absolute atomic E-state index is 0.162. The van der Waals surface area contributed by atoms with Crippen LogP contribution in [-0.4, -0.2) is 22.5 Å². The predicted molar refractivity (Wildman–Crippen MR) is 97.6 cm³/mol. The van der Waals surface area contributed by atoms with E-state index in [1.807, 2.05) is 31.2 Å². The number of nitrogens with zero attached hydrogens (tertiary/aromatic N) is 2. The number of benzene rings is 2. The molecule has 24 heavy (non-hydrogen) atoms. The zero-order valence-electron chi connectivity index (χ0n) is 12.7. The van der Waals surface area contributed by atoms with Gasteiger partial charge in [0.1, 0.15) is 6.33 Å². The molecule has 0 saturated heterocycles. The van der Waals surface area contributed by atoms with Gasteiger partial charge in [-0.25, -0.2) is 9.97 Å². The fourth-order valence-corrected chi connectivity index (χ4v) is 2.70. The number of carbonyl (C=O) groups excluding carboxylic acids is 1. The third-order valence-electron chi connectivity index (χ3n) is 3.37. The van der Waals surface area contributed by atoms with Gasteiger partial charge in [0, 0.05) is 15.2 Å². The molecule has 1 aromatic heterocycles. The van der Waals surface area contributed by atoms with E-state index in [-0.39, 0.29) is 12.5 Å². The minimum atomic E-state index is -0.290. The first-order valence-corrected chi connectivity index (χ1v) is 8.29. The third kappa shape index (κ3) is 3.83. The Labute approximate surface area is 152 Å². The molecule has 0 atom stereocenters. The highest BCUT2D eigenvalue weighted by Gasteiger charge is 2.10. The van der Waals surface area contributed by atoms with E-state index in [1.165, 1.54) is 6.33 Å². The summed E-state index contributed by atoms with van der Waals surface area (Å²) < 4.78 is 6.44. The van der Waals surface area contributed by atoms with Crippen LogP contribution in [0.25, 0.3) is 10.9 Å². The number of fused-ring (bicyclic) bond motifs is 1. The SMILES string of the molecule is Cc1ccc(Cl)cc1NC(=O)COc1ncnc2ccc(Br)cc12. The lowest BCUT2D eigenvalue weighted by molar-refractivity contribution is -0.118. The fraction of sp³-hybridized carbons (Fsp3) is 0.118. The molecule has 0 fully saturated rings. The third-order valence-corrected chi connectivity index (χ3v) is 4.10. The maximum atomic E-state index is 12.1. The van der Waals surface area contributed by atoms with Crippen LogP contribution in [0.15, 0.2) is 47.2 Å². The zero-order valence-corrected chi connectivity index (χ0v) is 15.1. The van der Waals surface area contributed by atoms with Crippen LogP contribution >= 0.6 is 27.5 Å². The number of amides is 1. The molecule has 0 aliphatic carbocycles. The highest BCUT2D eigenvalue weighted by molar-refractivity contribution is 9.10. The van der Waals surface area contributed by atoms with Gasteiger partial charge >= 0.3 is 0 Å². The number of rotatable bonds is 4. The van der Waals surface area contributed by atoms with Crippen LogP contribution in [0.2, 0.25) is 5.02 Å². The van der Waals surface area contributed by atoms with E-state index < -0.39 is 0 Å². The Kier molecular flexibility index (Phi) is 4.97. The van der Waals surface area contributed by atoms with Crippen molar-refractivity contribution in [1.29, 1.82) is 0 Å². The maximum absolute atomic E-state index is 12.1. The van der Waals surface area contributed by atoms with Crippen molar-refractivity contribution in [2.24, 2.45) is 0 Å². The van der Waals surface area contributed by atoms with Gasteiger partial charge in [0.2, 0.25) is 5.88 Å². The minimum Gasteiger partial charge on any atom is -0.467 e. The van der Waals surface area contributed by atoms with Gasteiger partial charge in [-0.3, -0.25) is 4.79 Å². The molecule has 2 aromatic carbocycles. The molecular formula is C17H13BrClN3O2. The summed E-state index contributed by atoms with van der Waals surface area (Å²) in [5.74, 6) is 0.0707. The normalized spacial score (nSPS) is 10.6. The molecule has 1 N–H and O–H groups in total.